The molecular weight excluding hydrogens is 238 g/mol. The summed E-state index contributed by atoms with van der Waals surface area (Å²) in [4.78, 5) is 7.13. The molecule has 1 aromatic heterocycles. The van der Waals surface area contributed by atoms with E-state index in [-0.39, 0.29) is 0 Å². The summed E-state index contributed by atoms with van der Waals surface area (Å²) in [6.07, 6.45) is 0. The van der Waals surface area contributed by atoms with E-state index >= 15 is 0 Å². The molecule has 4 heteroatoms. The molecule has 1 aliphatic rings. The fourth-order valence-corrected chi connectivity index (χ4v) is 2.59. The van der Waals surface area contributed by atoms with E-state index in [1.807, 2.05) is 12.1 Å². The third kappa shape index (κ3) is 2.24. The van der Waals surface area contributed by atoms with Gasteiger partial charge in [-0.3, -0.25) is 0 Å². The highest BCUT2D eigenvalue weighted by atomic mass is 16.5. The lowest BCUT2D eigenvalue weighted by atomic mass is 10.1. The summed E-state index contributed by atoms with van der Waals surface area (Å²) in [5.74, 6) is 1.90. The van der Waals surface area contributed by atoms with Gasteiger partial charge in [0.2, 0.25) is 0 Å². The van der Waals surface area contributed by atoms with Gasteiger partial charge in [-0.2, -0.15) is 0 Å². The van der Waals surface area contributed by atoms with Gasteiger partial charge in [0.15, 0.2) is 0 Å². The maximum absolute atomic E-state index is 5.43. The standard InChI is InChI=1S/C15H19N3O/c1-11-10-14(18-8-6-16-7-9-18)17-15-12(11)4-3-5-13(15)19-2/h3-5,10,16H,6-9H2,1-2H3. The highest BCUT2D eigenvalue weighted by Gasteiger charge is 2.14. The second kappa shape index (κ2) is 5.05. The molecule has 4 nitrogen and oxygen atoms in total. The van der Waals surface area contributed by atoms with Crippen molar-refractivity contribution in [3.05, 3.63) is 29.8 Å². The van der Waals surface area contributed by atoms with Crippen molar-refractivity contribution in [2.24, 2.45) is 0 Å². The number of nitrogens with one attached hydrogen (secondary N) is 1. The van der Waals surface area contributed by atoms with Crippen molar-refractivity contribution in [1.29, 1.82) is 0 Å². The number of para-hydroxylation sites is 1. The van der Waals surface area contributed by atoms with Crippen molar-refractivity contribution >= 4 is 16.7 Å². The average Bonchev–Trinajstić information content (AvgIpc) is 2.47. The topological polar surface area (TPSA) is 37.4 Å². The zero-order valence-electron chi connectivity index (χ0n) is 11.4. The zero-order valence-corrected chi connectivity index (χ0v) is 11.4. The lowest BCUT2D eigenvalue weighted by Crippen LogP contribution is -2.43. The molecule has 19 heavy (non-hydrogen) atoms. The molecule has 2 heterocycles. The first-order valence-corrected chi connectivity index (χ1v) is 6.69. The summed E-state index contributed by atoms with van der Waals surface area (Å²) in [5, 5.41) is 4.53. The van der Waals surface area contributed by atoms with E-state index in [9.17, 15) is 0 Å². The predicted molar refractivity (Wildman–Crippen MR) is 78.1 cm³/mol. The van der Waals surface area contributed by atoms with Crippen molar-refractivity contribution in [3.63, 3.8) is 0 Å². The van der Waals surface area contributed by atoms with Crippen molar-refractivity contribution in [2.75, 3.05) is 38.2 Å². The first-order valence-electron chi connectivity index (χ1n) is 6.69. The summed E-state index contributed by atoms with van der Waals surface area (Å²) < 4.78 is 5.43. The number of benzene rings is 1. The molecule has 0 amide bonds. The maximum Gasteiger partial charge on any atom is 0.145 e. The van der Waals surface area contributed by atoms with Crippen LogP contribution in [0, 0.1) is 6.92 Å². The van der Waals surface area contributed by atoms with Gasteiger partial charge >= 0.3 is 0 Å². The molecule has 0 unspecified atom stereocenters. The summed E-state index contributed by atoms with van der Waals surface area (Å²) >= 11 is 0. The van der Waals surface area contributed by atoms with E-state index in [1.54, 1.807) is 7.11 Å². The van der Waals surface area contributed by atoms with Gasteiger partial charge in [-0.1, -0.05) is 12.1 Å². The Morgan fingerprint density at radius 1 is 1.26 bits per heavy atom. The number of rotatable bonds is 2. The van der Waals surface area contributed by atoms with Crippen LogP contribution in [-0.2, 0) is 0 Å². The molecule has 0 radical (unpaired) electrons. The molecule has 100 valence electrons. The number of anilines is 1. The van der Waals surface area contributed by atoms with Crippen LogP contribution in [0.4, 0.5) is 5.82 Å². The van der Waals surface area contributed by atoms with E-state index in [2.05, 4.69) is 29.3 Å². The Hall–Kier alpha value is -1.81. The molecule has 1 aliphatic heterocycles. The van der Waals surface area contributed by atoms with Gasteiger partial charge in [0.1, 0.15) is 17.1 Å². The number of hydrogen-bond acceptors (Lipinski definition) is 4. The fourth-order valence-electron chi connectivity index (χ4n) is 2.59. The smallest absolute Gasteiger partial charge is 0.145 e. The SMILES string of the molecule is COc1cccc2c(C)cc(N3CCNCC3)nc12. The predicted octanol–water partition coefficient (Wildman–Crippen LogP) is 1.96. The van der Waals surface area contributed by atoms with Crippen LogP contribution in [0.25, 0.3) is 10.9 Å². The fraction of sp³-hybridized carbons (Fsp3) is 0.400. The molecule has 0 spiro atoms. The number of methoxy groups -OCH3 is 1. The first kappa shape index (κ1) is 12.2. The molecule has 3 rings (SSSR count). The third-order valence-corrected chi connectivity index (χ3v) is 3.66. The minimum Gasteiger partial charge on any atom is -0.494 e. The maximum atomic E-state index is 5.43. The van der Waals surface area contributed by atoms with Crippen molar-refractivity contribution in [3.8, 4) is 5.75 Å². The summed E-state index contributed by atoms with van der Waals surface area (Å²) in [5.41, 5.74) is 2.20. The van der Waals surface area contributed by atoms with E-state index in [1.165, 1.54) is 10.9 Å². The highest BCUT2D eigenvalue weighted by molar-refractivity contribution is 5.88. The van der Waals surface area contributed by atoms with Crippen LogP contribution >= 0.6 is 0 Å². The number of aromatic nitrogens is 1. The zero-order chi connectivity index (χ0) is 13.2. The van der Waals surface area contributed by atoms with Gasteiger partial charge in [0, 0.05) is 31.6 Å². The molecule has 0 aliphatic carbocycles. The Morgan fingerprint density at radius 2 is 2.05 bits per heavy atom. The van der Waals surface area contributed by atoms with Crippen LogP contribution in [0.1, 0.15) is 5.56 Å². The number of pyridine rings is 1. The molecule has 0 bridgehead atoms. The van der Waals surface area contributed by atoms with E-state index < -0.39 is 0 Å². The van der Waals surface area contributed by atoms with Crippen LogP contribution in [0.15, 0.2) is 24.3 Å². The Kier molecular flexibility index (Phi) is 3.25. The van der Waals surface area contributed by atoms with Crippen LogP contribution in [0.5, 0.6) is 5.75 Å². The van der Waals surface area contributed by atoms with Crippen LogP contribution < -0.4 is 15.0 Å². The van der Waals surface area contributed by atoms with E-state index in [0.29, 0.717) is 0 Å². The Labute approximate surface area is 113 Å². The van der Waals surface area contributed by atoms with Gasteiger partial charge in [0.25, 0.3) is 0 Å². The average molecular weight is 257 g/mol. The van der Waals surface area contributed by atoms with Crippen LogP contribution in [-0.4, -0.2) is 38.3 Å². The molecule has 0 saturated carbocycles. The van der Waals surface area contributed by atoms with Gasteiger partial charge < -0.3 is 15.0 Å². The molecule has 1 N–H and O–H groups in total. The normalized spacial score (nSPS) is 15.8. The first-order chi connectivity index (χ1) is 9.29. The highest BCUT2D eigenvalue weighted by Crippen LogP contribution is 2.29. The minimum atomic E-state index is 0.845. The van der Waals surface area contributed by atoms with E-state index in [4.69, 9.17) is 9.72 Å². The largest absolute Gasteiger partial charge is 0.494 e. The number of ether oxygens (including phenoxy) is 1. The third-order valence-electron chi connectivity index (χ3n) is 3.66. The van der Waals surface area contributed by atoms with Gasteiger partial charge in [-0.25, -0.2) is 4.98 Å². The summed E-state index contributed by atoms with van der Waals surface area (Å²) in [6, 6.07) is 8.26. The number of nitrogens with zero attached hydrogens (tertiary/aromatic N) is 2. The quantitative estimate of drug-likeness (QED) is 0.892. The van der Waals surface area contributed by atoms with Crippen molar-refractivity contribution < 1.29 is 4.74 Å². The lowest BCUT2D eigenvalue weighted by Gasteiger charge is -2.29. The summed E-state index contributed by atoms with van der Waals surface area (Å²) in [7, 11) is 1.70. The number of aryl methyl sites for hydroxylation is 1. The molecular formula is C15H19N3O. The number of piperazine rings is 1. The van der Waals surface area contributed by atoms with Crippen LogP contribution in [0.3, 0.4) is 0 Å². The molecule has 2 aromatic rings. The van der Waals surface area contributed by atoms with Crippen molar-refractivity contribution in [1.82, 2.24) is 10.3 Å². The monoisotopic (exact) mass is 257 g/mol. The van der Waals surface area contributed by atoms with Gasteiger partial charge in [0.05, 0.1) is 7.11 Å². The Bertz CT molecular complexity index is 591. The lowest BCUT2D eigenvalue weighted by molar-refractivity contribution is 0.419. The molecule has 0 atom stereocenters. The van der Waals surface area contributed by atoms with Crippen LogP contribution in [0.2, 0.25) is 0 Å². The number of hydrogen-bond donors (Lipinski definition) is 1. The van der Waals surface area contributed by atoms with E-state index in [0.717, 1.165) is 43.3 Å². The molecule has 1 saturated heterocycles. The second-order valence-electron chi connectivity index (χ2n) is 4.89. The Balaban J connectivity index is 2.11. The van der Waals surface area contributed by atoms with Crippen molar-refractivity contribution in [2.45, 2.75) is 6.92 Å². The second-order valence-corrected chi connectivity index (χ2v) is 4.89. The minimum absolute atomic E-state index is 0.845. The molecule has 1 aromatic carbocycles. The van der Waals surface area contributed by atoms with Gasteiger partial charge in [-0.05, 0) is 24.6 Å². The Morgan fingerprint density at radius 3 is 2.79 bits per heavy atom. The number of fused-ring (bicyclic) bond motifs is 1. The summed E-state index contributed by atoms with van der Waals surface area (Å²) in [6.45, 7) is 6.19. The molecule has 1 fully saturated rings. The van der Waals surface area contributed by atoms with Gasteiger partial charge in [-0.15, -0.1) is 0 Å².